The standard InChI is InChI=1S/C8H7N3O3S/c9-7-5-15(12,13)8(11-7)14-6-2-1-3-10-4-6/h1-5H,9H2. The van der Waals surface area contributed by atoms with Crippen LogP contribution in [0.2, 0.25) is 0 Å². The quantitative estimate of drug-likeness (QED) is 0.726. The van der Waals surface area contributed by atoms with Crippen LogP contribution in [0, 0.1) is 0 Å². The number of ether oxygens (including phenoxy) is 1. The van der Waals surface area contributed by atoms with Crippen molar-refractivity contribution in [3.8, 4) is 5.75 Å². The van der Waals surface area contributed by atoms with E-state index in [4.69, 9.17) is 10.5 Å². The maximum Gasteiger partial charge on any atom is 0.321 e. The summed E-state index contributed by atoms with van der Waals surface area (Å²) in [5.74, 6) is 0.205. The van der Waals surface area contributed by atoms with E-state index in [2.05, 4.69) is 9.98 Å². The molecule has 1 aromatic rings. The average Bonchev–Trinajstić information content (AvgIpc) is 2.41. The Bertz CT molecular complexity index is 534. The van der Waals surface area contributed by atoms with Crippen molar-refractivity contribution in [3.63, 3.8) is 0 Å². The number of sulfone groups is 1. The van der Waals surface area contributed by atoms with E-state index in [9.17, 15) is 8.42 Å². The lowest BCUT2D eigenvalue weighted by molar-refractivity contribution is 0.547. The lowest BCUT2D eigenvalue weighted by Crippen LogP contribution is -2.16. The molecule has 2 heterocycles. The molecule has 78 valence electrons. The van der Waals surface area contributed by atoms with E-state index in [1.165, 1.54) is 6.20 Å². The van der Waals surface area contributed by atoms with E-state index in [1.54, 1.807) is 18.3 Å². The summed E-state index contributed by atoms with van der Waals surface area (Å²) in [6, 6.07) is 3.19. The molecule has 2 N–H and O–H groups in total. The third-order valence-corrected chi connectivity index (χ3v) is 2.79. The van der Waals surface area contributed by atoms with Crippen LogP contribution in [0.25, 0.3) is 0 Å². The van der Waals surface area contributed by atoms with Gasteiger partial charge in [-0.2, -0.15) is 4.99 Å². The van der Waals surface area contributed by atoms with Crippen molar-refractivity contribution in [3.05, 3.63) is 35.8 Å². The molecule has 6 nitrogen and oxygen atoms in total. The minimum Gasteiger partial charge on any atom is -0.428 e. The zero-order valence-electron chi connectivity index (χ0n) is 7.49. The number of hydrogen-bond donors (Lipinski definition) is 1. The van der Waals surface area contributed by atoms with Crippen molar-refractivity contribution < 1.29 is 13.2 Å². The number of pyridine rings is 1. The number of aromatic nitrogens is 1. The molecule has 1 aromatic heterocycles. The van der Waals surface area contributed by atoms with E-state index in [-0.39, 0.29) is 5.82 Å². The van der Waals surface area contributed by atoms with Crippen LogP contribution in [0.1, 0.15) is 0 Å². The number of nitrogens with two attached hydrogens (primary N) is 1. The van der Waals surface area contributed by atoms with Crippen LogP contribution in [0.15, 0.2) is 40.7 Å². The second-order valence-corrected chi connectivity index (χ2v) is 4.43. The average molecular weight is 225 g/mol. The summed E-state index contributed by atoms with van der Waals surface area (Å²) < 4.78 is 27.7. The normalized spacial score (nSPS) is 18.1. The van der Waals surface area contributed by atoms with Crippen LogP contribution in [0.3, 0.4) is 0 Å². The maximum absolute atomic E-state index is 11.3. The zero-order valence-corrected chi connectivity index (χ0v) is 8.31. The van der Waals surface area contributed by atoms with Crippen molar-refractivity contribution in [2.24, 2.45) is 10.7 Å². The Kier molecular flexibility index (Phi) is 2.16. The van der Waals surface area contributed by atoms with Crippen LogP contribution in [0.4, 0.5) is 0 Å². The van der Waals surface area contributed by atoms with Gasteiger partial charge in [0.15, 0.2) is 0 Å². The first-order valence-corrected chi connectivity index (χ1v) is 5.51. The minimum atomic E-state index is -3.62. The van der Waals surface area contributed by atoms with Gasteiger partial charge in [0.25, 0.3) is 9.84 Å². The minimum absolute atomic E-state index is 0.0890. The molecule has 0 amide bonds. The Hall–Kier alpha value is -1.89. The van der Waals surface area contributed by atoms with Gasteiger partial charge in [-0.05, 0) is 12.1 Å². The van der Waals surface area contributed by atoms with E-state index < -0.39 is 15.1 Å². The van der Waals surface area contributed by atoms with Gasteiger partial charge in [0, 0.05) is 6.20 Å². The first-order valence-electron chi connectivity index (χ1n) is 3.97. The number of aliphatic imine (C=N–C) groups is 1. The van der Waals surface area contributed by atoms with Gasteiger partial charge < -0.3 is 10.5 Å². The van der Waals surface area contributed by atoms with Gasteiger partial charge in [0.05, 0.1) is 11.6 Å². The maximum atomic E-state index is 11.3. The van der Waals surface area contributed by atoms with Crippen LogP contribution >= 0.6 is 0 Å². The van der Waals surface area contributed by atoms with Crippen LogP contribution in [-0.4, -0.2) is 18.6 Å². The fourth-order valence-corrected chi connectivity index (χ4v) is 1.91. The molecule has 0 bridgehead atoms. The van der Waals surface area contributed by atoms with Gasteiger partial charge in [0.1, 0.15) is 11.6 Å². The molecule has 1 aliphatic rings. The lowest BCUT2D eigenvalue weighted by Gasteiger charge is -2.02. The number of nitrogens with zero attached hydrogens (tertiary/aromatic N) is 2. The molecule has 0 fully saturated rings. The lowest BCUT2D eigenvalue weighted by atomic mass is 10.5. The van der Waals surface area contributed by atoms with Gasteiger partial charge in [0.2, 0.25) is 0 Å². The van der Waals surface area contributed by atoms with Gasteiger partial charge in [-0.15, -0.1) is 0 Å². The Labute approximate surface area is 86.0 Å². The number of hydrogen-bond acceptors (Lipinski definition) is 6. The summed E-state index contributed by atoms with van der Waals surface area (Å²) in [7, 11) is -3.62. The predicted octanol–water partition coefficient (Wildman–Crippen LogP) is 0.00240. The molecule has 7 heteroatoms. The summed E-state index contributed by atoms with van der Waals surface area (Å²) in [4.78, 5) is 7.32. The smallest absolute Gasteiger partial charge is 0.321 e. The van der Waals surface area contributed by atoms with E-state index >= 15 is 0 Å². The molecule has 0 unspecified atom stereocenters. The summed E-state index contributed by atoms with van der Waals surface area (Å²) in [5.41, 5.74) is 5.25. The molecule has 0 saturated carbocycles. The molecule has 0 spiro atoms. The van der Waals surface area contributed by atoms with Crippen molar-refractivity contribution in [1.82, 2.24) is 4.98 Å². The Balaban J connectivity index is 2.27. The van der Waals surface area contributed by atoms with Crippen LogP contribution < -0.4 is 10.5 Å². The van der Waals surface area contributed by atoms with E-state index in [1.807, 2.05) is 0 Å². The van der Waals surface area contributed by atoms with Gasteiger partial charge in [-0.25, -0.2) is 8.42 Å². The molecule has 0 saturated heterocycles. The fourth-order valence-electron chi connectivity index (χ4n) is 0.994. The van der Waals surface area contributed by atoms with Crippen LogP contribution in [-0.2, 0) is 9.84 Å². The second-order valence-electron chi connectivity index (χ2n) is 2.76. The summed E-state index contributed by atoms with van der Waals surface area (Å²) in [6.45, 7) is 0. The number of rotatable bonds is 1. The SMILES string of the molecule is NC1=CS(=O)(=O)C(Oc2cccnc2)=N1. The molecular formula is C8H7N3O3S. The fraction of sp³-hybridized carbons (Fsp3) is 0. The van der Waals surface area contributed by atoms with Gasteiger partial charge in [-0.1, -0.05) is 0 Å². The van der Waals surface area contributed by atoms with Crippen molar-refractivity contribution in [2.75, 3.05) is 0 Å². The molecule has 0 atom stereocenters. The first kappa shape index (κ1) is 9.66. The highest BCUT2D eigenvalue weighted by molar-refractivity contribution is 8.08. The third kappa shape index (κ3) is 1.96. The predicted molar refractivity (Wildman–Crippen MR) is 53.5 cm³/mol. The Morgan fingerprint density at radius 1 is 1.40 bits per heavy atom. The Morgan fingerprint density at radius 3 is 2.73 bits per heavy atom. The van der Waals surface area contributed by atoms with Crippen molar-refractivity contribution in [2.45, 2.75) is 0 Å². The molecular weight excluding hydrogens is 218 g/mol. The highest BCUT2D eigenvalue weighted by Crippen LogP contribution is 2.15. The molecule has 0 aliphatic carbocycles. The highest BCUT2D eigenvalue weighted by atomic mass is 32.2. The molecule has 15 heavy (non-hydrogen) atoms. The summed E-state index contributed by atoms with van der Waals surface area (Å²) in [6.07, 6.45) is 2.93. The van der Waals surface area contributed by atoms with Gasteiger partial charge in [-0.3, -0.25) is 4.98 Å². The van der Waals surface area contributed by atoms with E-state index in [0.717, 1.165) is 5.41 Å². The highest BCUT2D eigenvalue weighted by Gasteiger charge is 2.26. The van der Waals surface area contributed by atoms with Crippen molar-refractivity contribution >= 4 is 15.1 Å². The zero-order chi connectivity index (χ0) is 10.9. The largest absolute Gasteiger partial charge is 0.428 e. The molecule has 1 aliphatic heterocycles. The molecule has 2 rings (SSSR count). The Morgan fingerprint density at radius 2 is 2.20 bits per heavy atom. The second kappa shape index (κ2) is 3.35. The summed E-state index contributed by atoms with van der Waals surface area (Å²) in [5, 5.41) is 0.423. The monoisotopic (exact) mass is 225 g/mol. The molecule has 0 radical (unpaired) electrons. The third-order valence-electron chi connectivity index (χ3n) is 1.58. The van der Waals surface area contributed by atoms with Crippen molar-refractivity contribution in [1.29, 1.82) is 0 Å². The molecule has 0 aromatic carbocycles. The van der Waals surface area contributed by atoms with E-state index in [0.29, 0.717) is 5.75 Å². The summed E-state index contributed by atoms with van der Waals surface area (Å²) >= 11 is 0. The topological polar surface area (TPSA) is 94.6 Å². The first-order chi connectivity index (χ1) is 7.08. The van der Waals surface area contributed by atoms with Crippen LogP contribution in [0.5, 0.6) is 5.75 Å². The van der Waals surface area contributed by atoms with Gasteiger partial charge >= 0.3 is 5.23 Å².